The molecule has 18 heavy (non-hydrogen) atoms. The van der Waals surface area contributed by atoms with E-state index >= 15 is 0 Å². The maximum atomic E-state index is 4.06. The summed E-state index contributed by atoms with van der Waals surface area (Å²) in [4.78, 5) is 0. The molecule has 1 heterocycles. The molecule has 0 aliphatic carbocycles. The molecule has 7 heteroatoms. The summed E-state index contributed by atoms with van der Waals surface area (Å²) >= 11 is 3.68. The normalized spacial score (nSPS) is 12.0. The van der Waals surface area contributed by atoms with E-state index in [9.17, 15) is 0 Å². The Bertz CT molecular complexity index is 334. The molecule has 0 atom stereocenters. The fraction of sp³-hybridized carbons (Fsp3) is 0.909. The topological polar surface area (TPSA) is 55.6 Å². The first-order valence-corrected chi connectivity index (χ1v) is 8.38. The Kier molecular flexibility index (Phi) is 7.03. The third-order valence-corrected chi connectivity index (χ3v) is 4.26. The van der Waals surface area contributed by atoms with Crippen molar-refractivity contribution in [2.45, 2.75) is 44.9 Å². The smallest absolute Gasteiger partial charge is 0.209 e. The largest absolute Gasteiger partial charge is 0.310 e. The van der Waals surface area contributed by atoms with Crippen LogP contribution in [0.1, 0.15) is 27.7 Å². The Labute approximate surface area is 118 Å². The quantitative estimate of drug-likeness (QED) is 0.583. The van der Waals surface area contributed by atoms with Gasteiger partial charge in [0.15, 0.2) is 0 Å². The molecule has 0 radical (unpaired) electrons. The predicted octanol–water partition coefficient (Wildman–Crippen LogP) is 1.91. The van der Waals surface area contributed by atoms with Crippen molar-refractivity contribution in [3.63, 3.8) is 0 Å². The third kappa shape index (κ3) is 6.61. The van der Waals surface area contributed by atoms with E-state index < -0.39 is 0 Å². The van der Waals surface area contributed by atoms with E-state index in [1.807, 2.05) is 16.4 Å². The van der Waals surface area contributed by atoms with E-state index in [0.717, 1.165) is 29.8 Å². The molecule has 1 aromatic rings. The minimum Gasteiger partial charge on any atom is -0.310 e. The predicted molar refractivity (Wildman–Crippen MR) is 79.3 cm³/mol. The number of tetrazole rings is 1. The Morgan fingerprint density at radius 3 is 2.72 bits per heavy atom. The van der Waals surface area contributed by atoms with Gasteiger partial charge in [-0.15, -0.1) is 5.10 Å². The molecule has 1 aromatic heterocycles. The van der Waals surface area contributed by atoms with Crippen LogP contribution in [0.5, 0.6) is 0 Å². The Morgan fingerprint density at radius 1 is 1.28 bits per heavy atom. The summed E-state index contributed by atoms with van der Waals surface area (Å²) in [6.07, 6.45) is 0. The number of hydrogen-bond donors (Lipinski definition) is 1. The van der Waals surface area contributed by atoms with Gasteiger partial charge >= 0.3 is 0 Å². The number of hydrogen-bond acceptors (Lipinski definition) is 6. The minimum atomic E-state index is 0.138. The van der Waals surface area contributed by atoms with Gasteiger partial charge < -0.3 is 5.32 Å². The first-order valence-electron chi connectivity index (χ1n) is 6.24. The van der Waals surface area contributed by atoms with Gasteiger partial charge in [0.25, 0.3) is 0 Å². The van der Waals surface area contributed by atoms with Crippen LogP contribution < -0.4 is 5.32 Å². The molecule has 0 fully saturated rings. The van der Waals surface area contributed by atoms with Gasteiger partial charge in [-0.1, -0.05) is 18.7 Å². The standard InChI is InChI=1S/C11H23N5S2/c1-5-17-8-9-18-10-13-14-15-16(10)7-6-12-11(2,3)4/h12H,5-9H2,1-4H3. The van der Waals surface area contributed by atoms with Crippen molar-refractivity contribution in [3.8, 4) is 0 Å². The van der Waals surface area contributed by atoms with Gasteiger partial charge in [-0.05, 0) is 37.0 Å². The summed E-state index contributed by atoms with van der Waals surface area (Å²) in [5.41, 5.74) is 0.138. The Balaban J connectivity index is 2.31. The average molecular weight is 289 g/mol. The maximum Gasteiger partial charge on any atom is 0.209 e. The summed E-state index contributed by atoms with van der Waals surface area (Å²) in [6.45, 7) is 10.3. The average Bonchev–Trinajstić information content (AvgIpc) is 2.71. The van der Waals surface area contributed by atoms with Gasteiger partial charge in [-0.25, -0.2) is 4.68 Å². The van der Waals surface area contributed by atoms with Crippen molar-refractivity contribution in [1.82, 2.24) is 25.5 Å². The highest BCUT2D eigenvalue weighted by atomic mass is 32.2. The van der Waals surface area contributed by atoms with E-state index in [1.165, 1.54) is 5.75 Å². The zero-order chi connectivity index (χ0) is 13.4. The van der Waals surface area contributed by atoms with Crippen molar-refractivity contribution < 1.29 is 0 Å². The van der Waals surface area contributed by atoms with E-state index in [4.69, 9.17) is 0 Å². The summed E-state index contributed by atoms with van der Waals surface area (Å²) in [7, 11) is 0. The van der Waals surface area contributed by atoms with Crippen LogP contribution in [0.4, 0.5) is 0 Å². The second-order valence-electron chi connectivity index (χ2n) is 4.91. The molecule has 0 aromatic carbocycles. The molecular formula is C11H23N5S2. The Hall–Kier alpha value is -0.270. The molecule has 104 valence electrons. The molecule has 0 aliphatic heterocycles. The van der Waals surface area contributed by atoms with Gasteiger partial charge in [0.1, 0.15) is 0 Å². The molecule has 1 rings (SSSR count). The second kappa shape index (κ2) is 8.01. The second-order valence-corrected chi connectivity index (χ2v) is 7.36. The summed E-state index contributed by atoms with van der Waals surface area (Å²) in [5.74, 6) is 3.38. The lowest BCUT2D eigenvalue weighted by molar-refractivity contribution is 0.396. The lowest BCUT2D eigenvalue weighted by Crippen LogP contribution is -2.38. The molecule has 0 spiro atoms. The van der Waals surface area contributed by atoms with Crippen LogP contribution in [0.15, 0.2) is 5.16 Å². The van der Waals surface area contributed by atoms with Crippen LogP contribution in [0.2, 0.25) is 0 Å². The maximum absolute atomic E-state index is 4.06. The van der Waals surface area contributed by atoms with E-state index in [2.05, 4.69) is 48.5 Å². The van der Waals surface area contributed by atoms with Crippen molar-refractivity contribution in [2.24, 2.45) is 0 Å². The van der Waals surface area contributed by atoms with Gasteiger partial charge in [-0.3, -0.25) is 0 Å². The van der Waals surface area contributed by atoms with Crippen molar-refractivity contribution in [2.75, 3.05) is 23.8 Å². The van der Waals surface area contributed by atoms with Crippen LogP contribution >= 0.6 is 23.5 Å². The highest BCUT2D eigenvalue weighted by molar-refractivity contribution is 8.02. The van der Waals surface area contributed by atoms with E-state index in [-0.39, 0.29) is 5.54 Å². The zero-order valence-corrected chi connectivity index (χ0v) is 13.3. The highest BCUT2D eigenvalue weighted by Crippen LogP contribution is 2.15. The number of thioether (sulfide) groups is 2. The molecule has 5 nitrogen and oxygen atoms in total. The summed E-state index contributed by atoms with van der Waals surface area (Å²) in [6, 6.07) is 0. The van der Waals surface area contributed by atoms with Crippen LogP contribution in [-0.2, 0) is 6.54 Å². The number of aromatic nitrogens is 4. The van der Waals surface area contributed by atoms with Gasteiger partial charge in [0, 0.05) is 23.6 Å². The number of nitrogens with zero attached hydrogens (tertiary/aromatic N) is 4. The number of rotatable bonds is 8. The molecule has 0 unspecified atom stereocenters. The fourth-order valence-electron chi connectivity index (χ4n) is 1.31. The first-order chi connectivity index (χ1) is 8.53. The monoisotopic (exact) mass is 289 g/mol. The zero-order valence-electron chi connectivity index (χ0n) is 11.6. The SMILES string of the molecule is CCSCCSc1nnnn1CCNC(C)(C)C. The van der Waals surface area contributed by atoms with Crippen LogP contribution in [0.25, 0.3) is 0 Å². The lowest BCUT2D eigenvalue weighted by atomic mass is 10.1. The summed E-state index contributed by atoms with van der Waals surface area (Å²) in [5, 5.41) is 16.2. The van der Waals surface area contributed by atoms with Crippen LogP contribution in [0.3, 0.4) is 0 Å². The molecule has 1 N–H and O–H groups in total. The van der Waals surface area contributed by atoms with Crippen molar-refractivity contribution >= 4 is 23.5 Å². The lowest BCUT2D eigenvalue weighted by Gasteiger charge is -2.20. The van der Waals surface area contributed by atoms with Crippen LogP contribution in [0, 0.1) is 0 Å². The first kappa shape index (κ1) is 15.8. The van der Waals surface area contributed by atoms with E-state index in [1.54, 1.807) is 11.8 Å². The van der Waals surface area contributed by atoms with Gasteiger partial charge in [-0.2, -0.15) is 11.8 Å². The molecule has 0 amide bonds. The van der Waals surface area contributed by atoms with Gasteiger partial charge in [0.05, 0.1) is 6.54 Å². The van der Waals surface area contributed by atoms with Crippen molar-refractivity contribution in [3.05, 3.63) is 0 Å². The van der Waals surface area contributed by atoms with E-state index in [0.29, 0.717) is 0 Å². The molecule has 0 bridgehead atoms. The molecule has 0 saturated carbocycles. The third-order valence-electron chi connectivity index (χ3n) is 2.14. The Morgan fingerprint density at radius 2 is 2.06 bits per heavy atom. The van der Waals surface area contributed by atoms with Crippen LogP contribution in [-0.4, -0.2) is 49.5 Å². The molecule has 0 saturated heterocycles. The van der Waals surface area contributed by atoms with Crippen molar-refractivity contribution in [1.29, 1.82) is 0 Å². The molecular weight excluding hydrogens is 266 g/mol. The fourth-order valence-corrected chi connectivity index (χ4v) is 2.96. The molecule has 0 aliphatic rings. The summed E-state index contributed by atoms with van der Waals surface area (Å²) < 4.78 is 1.88. The number of nitrogens with one attached hydrogen (secondary N) is 1. The highest BCUT2D eigenvalue weighted by Gasteiger charge is 2.10. The van der Waals surface area contributed by atoms with Gasteiger partial charge in [0.2, 0.25) is 5.16 Å². The minimum absolute atomic E-state index is 0.138.